The van der Waals surface area contributed by atoms with Crippen LogP contribution in [0.5, 0.6) is 5.75 Å². The van der Waals surface area contributed by atoms with Crippen molar-refractivity contribution in [2.24, 2.45) is 21.8 Å². The molecule has 10 heteroatoms. The summed E-state index contributed by atoms with van der Waals surface area (Å²) < 4.78 is 45.7. The zero-order valence-corrected chi connectivity index (χ0v) is 21.0. The highest BCUT2D eigenvalue weighted by molar-refractivity contribution is 6.08. The molecular formula is C26H33F3N4O3. The van der Waals surface area contributed by atoms with Gasteiger partial charge in [0, 0.05) is 37.9 Å². The van der Waals surface area contributed by atoms with Gasteiger partial charge in [-0.2, -0.15) is 13.2 Å². The largest absolute Gasteiger partial charge is 0.497 e. The number of halogens is 3. The van der Waals surface area contributed by atoms with Gasteiger partial charge < -0.3 is 19.7 Å². The van der Waals surface area contributed by atoms with E-state index in [0.29, 0.717) is 24.5 Å². The zero-order chi connectivity index (χ0) is 26.5. The maximum absolute atomic E-state index is 13.5. The minimum Gasteiger partial charge on any atom is -0.497 e. The van der Waals surface area contributed by atoms with Crippen molar-refractivity contribution in [2.75, 3.05) is 26.8 Å². The number of hydrogen-bond donors (Lipinski definition) is 2. The molecule has 1 aliphatic rings. The first-order valence-electron chi connectivity index (χ1n) is 12.0. The Bertz CT molecular complexity index is 1170. The van der Waals surface area contributed by atoms with Crippen LogP contribution in [0.15, 0.2) is 45.2 Å². The van der Waals surface area contributed by atoms with Crippen LogP contribution in [0.2, 0.25) is 0 Å². The monoisotopic (exact) mass is 506 g/mol. The maximum Gasteiger partial charge on any atom is 0.416 e. The standard InChI is InChI=1S/C26H33F3N4O3/c1-5-16(2)24(33-10-7-18(15-34)8-11-33)32-23(22-17(3)6-9-30-25(22)35)31-20-12-19(26(27,28)29)13-21(14-20)36-4/h6,9,12-14,16,18,34H,5,7-8,10-11,15H2,1-4H3,(H,30,35). The summed E-state index contributed by atoms with van der Waals surface area (Å²) in [6.07, 6.45) is -0.720. The number of aliphatic imine (C=N–C) groups is 2. The number of amidine groups is 2. The number of alkyl halides is 3. The smallest absolute Gasteiger partial charge is 0.416 e. The molecule has 196 valence electrons. The number of nitrogens with one attached hydrogen (secondary N) is 1. The molecule has 1 unspecified atom stereocenters. The van der Waals surface area contributed by atoms with Gasteiger partial charge in [-0.25, -0.2) is 9.98 Å². The van der Waals surface area contributed by atoms with E-state index in [1.165, 1.54) is 19.4 Å². The van der Waals surface area contributed by atoms with E-state index in [2.05, 4.69) is 14.9 Å². The van der Waals surface area contributed by atoms with Crippen LogP contribution in [0.3, 0.4) is 0 Å². The number of aliphatic hydroxyl groups is 1. The number of likely N-dealkylation sites (tertiary alicyclic amines) is 1. The van der Waals surface area contributed by atoms with Crippen LogP contribution >= 0.6 is 0 Å². The number of benzene rings is 1. The fraction of sp³-hybridized carbons (Fsp3) is 0.500. The van der Waals surface area contributed by atoms with Crippen LogP contribution in [-0.4, -0.2) is 53.5 Å². The predicted octanol–water partition coefficient (Wildman–Crippen LogP) is 4.94. The molecule has 1 saturated heterocycles. The summed E-state index contributed by atoms with van der Waals surface area (Å²) in [6.45, 7) is 7.27. The van der Waals surface area contributed by atoms with Crippen LogP contribution < -0.4 is 10.3 Å². The normalized spacial score (nSPS) is 16.8. The van der Waals surface area contributed by atoms with Gasteiger partial charge in [0.2, 0.25) is 0 Å². The number of hydrogen-bond acceptors (Lipinski definition) is 4. The molecule has 1 aromatic carbocycles. The van der Waals surface area contributed by atoms with Gasteiger partial charge in [-0.3, -0.25) is 4.79 Å². The molecule has 2 aromatic rings. The Morgan fingerprint density at radius 1 is 1.28 bits per heavy atom. The maximum atomic E-state index is 13.5. The molecule has 0 spiro atoms. The van der Waals surface area contributed by atoms with Crippen molar-refractivity contribution in [3.05, 3.63) is 57.5 Å². The Labute approximate surface area is 208 Å². The molecule has 2 N–H and O–H groups in total. The highest BCUT2D eigenvalue weighted by Crippen LogP contribution is 2.35. The second kappa shape index (κ2) is 11.7. The van der Waals surface area contributed by atoms with Crippen molar-refractivity contribution < 1.29 is 23.0 Å². The van der Waals surface area contributed by atoms with Crippen molar-refractivity contribution >= 4 is 17.4 Å². The molecule has 1 atom stereocenters. The Morgan fingerprint density at radius 3 is 2.53 bits per heavy atom. The van der Waals surface area contributed by atoms with Gasteiger partial charge in [0.25, 0.3) is 5.56 Å². The van der Waals surface area contributed by atoms with E-state index >= 15 is 0 Å². The van der Waals surface area contributed by atoms with Gasteiger partial charge >= 0.3 is 6.18 Å². The Hall–Kier alpha value is -3.14. The summed E-state index contributed by atoms with van der Waals surface area (Å²) in [6, 6.07) is 4.90. The van der Waals surface area contributed by atoms with Crippen LogP contribution in [0, 0.1) is 18.8 Å². The lowest BCUT2D eigenvalue weighted by Gasteiger charge is -2.35. The van der Waals surface area contributed by atoms with Crippen molar-refractivity contribution in [2.45, 2.75) is 46.2 Å². The SMILES string of the molecule is CCC(C)C(=NC(=Nc1cc(OC)cc(C(F)(F)F)c1)c1c(C)cc[nH]c1=O)N1CCC(CO)CC1. The summed E-state index contributed by atoms with van der Waals surface area (Å²) in [4.78, 5) is 26.9. The molecule has 1 fully saturated rings. The average molecular weight is 507 g/mol. The predicted molar refractivity (Wildman–Crippen MR) is 134 cm³/mol. The minimum atomic E-state index is -4.60. The molecule has 7 nitrogen and oxygen atoms in total. The number of aryl methyl sites for hydroxylation is 1. The highest BCUT2D eigenvalue weighted by atomic mass is 19.4. The number of ether oxygens (including phenoxy) is 1. The number of piperidine rings is 1. The van der Waals surface area contributed by atoms with E-state index in [4.69, 9.17) is 9.73 Å². The molecule has 0 aliphatic carbocycles. The topological polar surface area (TPSA) is 90.3 Å². The van der Waals surface area contributed by atoms with Crippen molar-refractivity contribution in [1.82, 2.24) is 9.88 Å². The quantitative estimate of drug-likeness (QED) is 0.429. The van der Waals surface area contributed by atoms with E-state index in [-0.39, 0.29) is 41.3 Å². The van der Waals surface area contributed by atoms with Gasteiger partial charge in [0.05, 0.1) is 23.9 Å². The molecule has 36 heavy (non-hydrogen) atoms. The molecule has 0 amide bonds. The third-order valence-electron chi connectivity index (χ3n) is 6.55. The lowest BCUT2D eigenvalue weighted by molar-refractivity contribution is -0.137. The van der Waals surface area contributed by atoms with E-state index in [1.807, 2.05) is 13.8 Å². The lowest BCUT2D eigenvalue weighted by atomic mass is 9.96. The first-order valence-corrected chi connectivity index (χ1v) is 12.0. The van der Waals surface area contributed by atoms with Crippen LogP contribution in [0.25, 0.3) is 0 Å². The molecule has 0 bridgehead atoms. The molecule has 1 aromatic heterocycles. The summed E-state index contributed by atoms with van der Waals surface area (Å²) in [5.74, 6) is 0.993. The molecule has 1 aliphatic heterocycles. The fourth-order valence-corrected chi connectivity index (χ4v) is 4.17. The van der Waals surface area contributed by atoms with Crippen LogP contribution in [0.4, 0.5) is 18.9 Å². The average Bonchev–Trinajstić information content (AvgIpc) is 2.85. The summed E-state index contributed by atoms with van der Waals surface area (Å²) >= 11 is 0. The third kappa shape index (κ3) is 6.54. The third-order valence-corrected chi connectivity index (χ3v) is 6.55. The van der Waals surface area contributed by atoms with E-state index in [1.54, 1.807) is 13.0 Å². The van der Waals surface area contributed by atoms with Gasteiger partial charge in [0.15, 0.2) is 5.84 Å². The van der Waals surface area contributed by atoms with Gasteiger partial charge in [-0.15, -0.1) is 0 Å². The number of aromatic nitrogens is 1. The summed E-state index contributed by atoms with van der Waals surface area (Å²) in [5, 5.41) is 9.52. The molecule has 0 radical (unpaired) electrons. The second-order valence-electron chi connectivity index (χ2n) is 9.11. The highest BCUT2D eigenvalue weighted by Gasteiger charge is 2.32. The number of aromatic amines is 1. The number of rotatable bonds is 6. The Balaban J connectivity index is 2.22. The molecular weight excluding hydrogens is 473 g/mol. The number of nitrogens with zero attached hydrogens (tertiary/aromatic N) is 3. The molecule has 3 rings (SSSR count). The number of H-pyrrole nitrogens is 1. The summed E-state index contributed by atoms with van der Waals surface area (Å²) in [5.41, 5.74) is -0.567. The second-order valence-corrected chi connectivity index (χ2v) is 9.11. The van der Waals surface area contributed by atoms with Gasteiger partial charge in [0.1, 0.15) is 11.6 Å². The fourth-order valence-electron chi connectivity index (χ4n) is 4.17. The van der Waals surface area contributed by atoms with E-state index in [9.17, 15) is 23.1 Å². The van der Waals surface area contributed by atoms with Gasteiger partial charge in [-0.05, 0) is 55.9 Å². The van der Waals surface area contributed by atoms with Crippen LogP contribution in [0.1, 0.15) is 49.8 Å². The number of pyridine rings is 1. The van der Waals surface area contributed by atoms with Crippen LogP contribution in [-0.2, 0) is 6.18 Å². The van der Waals surface area contributed by atoms with E-state index in [0.717, 1.165) is 31.4 Å². The van der Waals surface area contributed by atoms with Crippen molar-refractivity contribution in [3.8, 4) is 5.75 Å². The summed E-state index contributed by atoms with van der Waals surface area (Å²) in [7, 11) is 1.28. The van der Waals surface area contributed by atoms with Crippen molar-refractivity contribution in [1.29, 1.82) is 0 Å². The number of aliphatic hydroxyl groups excluding tert-OH is 1. The molecule has 0 saturated carbocycles. The van der Waals surface area contributed by atoms with E-state index < -0.39 is 17.3 Å². The zero-order valence-electron chi connectivity index (χ0n) is 21.0. The molecule has 2 heterocycles. The van der Waals surface area contributed by atoms with Gasteiger partial charge in [-0.1, -0.05) is 13.8 Å². The Kier molecular flexibility index (Phi) is 8.94. The first kappa shape index (κ1) is 27.4. The Morgan fingerprint density at radius 2 is 1.97 bits per heavy atom. The first-order chi connectivity index (χ1) is 17.1. The lowest BCUT2D eigenvalue weighted by Crippen LogP contribution is -2.42. The van der Waals surface area contributed by atoms with Crippen molar-refractivity contribution in [3.63, 3.8) is 0 Å². The minimum absolute atomic E-state index is 0.00109. The number of methoxy groups -OCH3 is 1.